The number of aromatic nitrogens is 1. The quantitative estimate of drug-likeness (QED) is 0.101. The molecule has 0 spiro atoms. The van der Waals surface area contributed by atoms with E-state index in [-0.39, 0.29) is 53.1 Å². The molecule has 0 aliphatic heterocycles. The topological polar surface area (TPSA) is 135 Å². The van der Waals surface area contributed by atoms with E-state index < -0.39 is 42.1 Å². The Bertz CT molecular complexity index is 1370. The molecule has 10 nitrogen and oxygen atoms in total. The van der Waals surface area contributed by atoms with Gasteiger partial charge in [-0.3, -0.25) is 9.68 Å². The van der Waals surface area contributed by atoms with E-state index in [0.29, 0.717) is 25.3 Å². The molecule has 0 fully saturated rings. The molecule has 1 heterocycles. The highest BCUT2D eigenvalue weighted by atomic mass is 19.3. The monoisotopic (exact) mass is 597 g/mol. The summed E-state index contributed by atoms with van der Waals surface area (Å²) in [6.45, 7) is 0.0261. The van der Waals surface area contributed by atoms with E-state index in [1.807, 2.05) is 6.92 Å². The van der Waals surface area contributed by atoms with E-state index in [0.717, 1.165) is 6.07 Å². The maximum Gasteiger partial charge on any atom is 0.387 e. The zero-order valence-corrected chi connectivity index (χ0v) is 23.1. The Morgan fingerprint density at radius 2 is 1.88 bits per heavy atom. The molecular weight excluding hydrogens is 566 g/mol. The van der Waals surface area contributed by atoms with Gasteiger partial charge in [-0.25, -0.2) is 18.6 Å². The van der Waals surface area contributed by atoms with Crippen molar-refractivity contribution in [2.24, 2.45) is 11.7 Å². The van der Waals surface area contributed by atoms with Gasteiger partial charge in [0.1, 0.15) is 11.6 Å². The predicted molar refractivity (Wildman–Crippen MR) is 140 cm³/mol. The normalized spacial score (nSPS) is 12.6. The molecule has 0 aliphatic carbocycles. The molecule has 0 aliphatic rings. The minimum atomic E-state index is -3.13. The van der Waals surface area contributed by atoms with Crippen molar-refractivity contribution < 1.29 is 50.8 Å². The summed E-state index contributed by atoms with van der Waals surface area (Å²) in [6.07, 6.45) is 1.27. The Kier molecular flexibility index (Phi) is 11.7. The molecule has 0 saturated heterocycles. The Balaban J connectivity index is 1.79. The SMILES string of the molecule is CCC(CCCOc1cc(-c2nc(C(=O)NCc3ccc(F)cc3F)c(C(C)N)o2)ccc1OC(F)F)C(=O)OOC. The average Bonchev–Trinajstić information content (AvgIpc) is 3.39. The zero-order valence-electron chi connectivity index (χ0n) is 23.1. The van der Waals surface area contributed by atoms with Crippen LogP contribution in [0.2, 0.25) is 0 Å². The van der Waals surface area contributed by atoms with Gasteiger partial charge in [-0.1, -0.05) is 13.0 Å². The highest BCUT2D eigenvalue weighted by Gasteiger charge is 2.25. The maximum absolute atomic E-state index is 14.0. The summed E-state index contributed by atoms with van der Waals surface area (Å²) in [5, 5.41) is 2.49. The summed E-state index contributed by atoms with van der Waals surface area (Å²) in [5.41, 5.74) is 6.10. The number of nitrogens with one attached hydrogen (secondary N) is 1. The van der Waals surface area contributed by atoms with Gasteiger partial charge in [-0.05, 0) is 50.5 Å². The summed E-state index contributed by atoms with van der Waals surface area (Å²) < 4.78 is 69.2. The standard InChI is InChI=1S/C28H31F4N3O7/c1-4-16(27(37)42-38-3)6-5-11-39-22-12-17(8-10-21(22)40-28(31)32)26-35-23(24(41-26)15(2)33)25(36)34-14-18-7-9-19(29)13-20(18)30/h7-10,12-13,15-16,28H,4-6,11,14,33H2,1-3H3,(H,34,36). The fraction of sp³-hybridized carbons (Fsp3) is 0.393. The lowest BCUT2D eigenvalue weighted by Crippen LogP contribution is -2.25. The number of ether oxygens (including phenoxy) is 2. The molecule has 1 amide bonds. The Morgan fingerprint density at radius 1 is 1.12 bits per heavy atom. The number of halogens is 4. The fourth-order valence-electron chi connectivity index (χ4n) is 3.95. The number of nitrogens with zero attached hydrogens (tertiary/aromatic N) is 1. The van der Waals surface area contributed by atoms with Crippen LogP contribution in [-0.4, -0.2) is 37.2 Å². The van der Waals surface area contributed by atoms with Crippen LogP contribution in [-0.2, 0) is 21.1 Å². The van der Waals surface area contributed by atoms with Crippen LogP contribution in [0.3, 0.4) is 0 Å². The minimum absolute atomic E-state index is 0.0194. The number of alkyl halides is 2. The number of oxazole rings is 1. The van der Waals surface area contributed by atoms with Crippen LogP contribution in [0.25, 0.3) is 11.5 Å². The van der Waals surface area contributed by atoms with Crippen LogP contribution >= 0.6 is 0 Å². The molecule has 14 heteroatoms. The fourth-order valence-corrected chi connectivity index (χ4v) is 3.95. The highest BCUT2D eigenvalue weighted by molar-refractivity contribution is 5.94. The van der Waals surface area contributed by atoms with E-state index in [1.54, 1.807) is 6.92 Å². The highest BCUT2D eigenvalue weighted by Crippen LogP contribution is 2.35. The van der Waals surface area contributed by atoms with Crippen LogP contribution in [0.4, 0.5) is 17.6 Å². The Morgan fingerprint density at radius 3 is 2.52 bits per heavy atom. The number of benzene rings is 2. The molecule has 2 unspecified atom stereocenters. The maximum atomic E-state index is 14.0. The van der Waals surface area contributed by atoms with Crippen LogP contribution in [0.15, 0.2) is 40.8 Å². The van der Waals surface area contributed by atoms with E-state index >= 15 is 0 Å². The van der Waals surface area contributed by atoms with Crippen LogP contribution in [0.1, 0.15) is 61.0 Å². The average molecular weight is 598 g/mol. The van der Waals surface area contributed by atoms with Crippen molar-refractivity contribution in [1.29, 1.82) is 0 Å². The first-order valence-corrected chi connectivity index (χ1v) is 13.0. The minimum Gasteiger partial charge on any atom is -0.490 e. The van der Waals surface area contributed by atoms with Crippen LogP contribution in [0, 0.1) is 17.6 Å². The smallest absolute Gasteiger partial charge is 0.387 e. The molecule has 0 radical (unpaired) electrons. The van der Waals surface area contributed by atoms with Gasteiger partial charge in [0.25, 0.3) is 5.91 Å². The Hall–Kier alpha value is -4.17. The third kappa shape index (κ3) is 8.66. The van der Waals surface area contributed by atoms with Crippen molar-refractivity contribution in [3.63, 3.8) is 0 Å². The summed E-state index contributed by atoms with van der Waals surface area (Å²) in [6, 6.07) is 6.14. The number of carbonyl (C=O) groups is 2. The number of amides is 1. The Labute approximate surface area is 239 Å². The van der Waals surface area contributed by atoms with Crippen molar-refractivity contribution in [2.45, 2.75) is 52.3 Å². The zero-order chi connectivity index (χ0) is 30.8. The molecule has 2 atom stereocenters. The second kappa shape index (κ2) is 15.2. The molecule has 228 valence electrons. The summed E-state index contributed by atoms with van der Waals surface area (Å²) in [4.78, 5) is 38.0. The number of hydrogen-bond donors (Lipinski definition) is 2. The van der Waals surface area contributed by atoms with Gasteiger partial charge in [0.15, 0.2) is 23.0 Å². The van der Waals surface area contributed by atoms with Crippen molar-refractivity contribution in [3.8, 4) is 23.0 Å². The lowest BCUT2D eigenvalue weighted by Gasteiger charge is -2.15. The second-order valence-corrected chi connectivity index (χ2v) is 9.14. The van der Waals surface area contributed by atoms with E-state index in [9.17, 15) is 27.2 Å². The first-order valence-electron chi connectivity index (χ1n) is 13.0. The van der Waals surface area contributed by atoms with Gasteiger partial charge in [-0.15, -0.1) is 0 Å². The summed E-state index contributed by atoms with van der Waals surface area (Å²) in [7, 11) is 1.22. The van der Waals surface area contributed by atoms with E-state index in [4.69, 9.17) is 14.9 Å². The predicted octanol–water partition coefficient (Wildman–Crippen LogP) is 5.46. The molecule has 42 heavy (non-hydrogen) atoms. The lowest BCUT2D eigenvalue weighted by atomic mass is 10.0. The van der Waals surface area contributed by atoms with Crippen molar-refractivity contribution in [2.75, 3.05) is 13.7 Å². The van der Waals surface area contributed by atoms with Gasteiger partial charge >= 0.3 is 12.6 Å². The van der Waals surface area contributed by atoms with Crippen LogP contribution < -0.4 is 20.5 Å². The number of nitrogens with two attached hydrogens (primary N) is 1. The van der Waals surface area contributed by atoms with Crippen LogP contribution in [0.5, 0.6) is 11.5 Å². The van der Waals surface area contributed by atoms with Gasteiger partial charge in [-0.2, -0.15) is 13.7 Å². The second-order valence-electron chi connectivity index (χ2n) is 9.14. The van der Waals surface area contributed by atoms with E-state index in [1.165, 1.54) is 31.4 Å². The van der Waals surface area contributed by atoms with Gasteiger partial charge < -0.3 is 24.9 Å². The van der Waals surface area contributed by atoms with Crippen molar-refractivity contribution in [1.82, 2.24) is 10.3 Å². The number of rotatable bonds is 15. The summed E-state index contributed by atoms with van der Waals surface area (Å²) in [5.74, 6) is -3.64. The van der Waals surface area contributed by atoms with Crippen molar-refractivity contribution in [3.05, 3.63) is 65.1 Å². The molecule has 1 aromatic heterocycles. The first-order chi connectivity index (χ1) is 20.0. The van der Waals surface area contributed by atoms with Crippen molar-refractivity contribution >= 4 is 11.9 Å². The first kappa shape index (κ1) is 32.3. The molecule has 3 rings (SSSR count). The molecule has 3 N–H and O–H groups in total. The number of carbonyl (C=O) groups excluding carboxylic acids is 2. The van der Waals surface area contributed by atoms with Gasteiger partial charge in [0.05, 0.1) is 25.7 Å². The number of hydrogen-bond acceptors (Lipinski definition) is 9. The molecule has 0 saturated carbocycles. The van der Waals surface area contributed by atoms with E-state index in [2.05, 4.69) is 24.8 Å². The van der Waals surface area contributed by atoms with Gasteiger partial charge in [0, 0.05) is 23.7 Å². The third-order valence-corrected chi connectivity index (χ3v) is 6.09. The third-order valence-electron chi connectivity index (χ3n) is 6.09. The van der Waals surface area contributed by atoms with Gasteiger partial charge in [0.2, 0.25) is 5.89 Å². The molecule has 2 aromatic carbocycles. The molecule has 0 bridgehead atoms. The largest absolute Gasteiger partial charge is 0.490 e. The lowest BCUT2D eigenvalue weighted by molar-refractivity contribution is -0.259. The molecular formula is C28H31F4N3O7. The summed E-state index contributed by atoms with van der Waals surface area (Å²) >= 11 is 0. The molecule has 3 aromatic rings.